The molecule has 0 fully saturated rings. The van der Waals surface area contributed by atoms with Crippen LogP contribution in [-0.2, 0) is 16.0 Å². The van der Waals surface area contributed by atoms with Crippen molar-refractivity contribution in [2.24, 2.45) is 0 Å². The molecule has 0 aliphatic carbocycles. The number of rotatable bonds is 5. The molecule has 0 bridgehead atoms. The third-order valence-electron chi connectivity index (χ3n) is 2.79. The lowest BCUT2D eigenvalue weighted by Crippen LogP contribution is -2.15. The van der Waals surface area contributed by atoms with Gasteiger partial charge in [-0.2, -0.15) is 0 Å². The molecular formula is C16H12BrIO3. The Morgan fingerprint density at radius 1 is 1.00 bits per heavy atom. The van der Waals surface area contributed by atoms with Crippen molar-refractivity contribution in [2.75, 3.05) is 6.61 Å². The van der Waals surface area contributed by atoms with Crippen LogP contribution in [0.5, 0.6) is 0 Å². The van der Waals surface area contributed by atoms with Gasteiger partial charge in [0, 0.05) is 13.6 Å². The summed E-state index contributed by atoms with van der Waals surface area (Å²) in [5.41, 5.74) is 1.40. The van der Waals surface area contributed by atoms with E-state index in [2.05, 4.69) is 38.5 Å². The van der Waals surface area contributed by atoms with Gasteiger partial charge >= 0.3 is 5.97 Å². The van der Waals surface area contributed by atoms with Crippen LogP contribution < -0.4 is 0 Å². The van der Waals surface area contributed by atoms with E-state index < -0.39 is 5.97 Å². The Morgan fingerprint density at radius 3 is 2.24 bits per heavy atom. The Labute approximate surface area is 145 Å². The molecule has 21 heavy (non-hydrogen) atoms. The van der Waals surface area contributed by atoms with Crippen LogP contribution in [0.3, 0.4) is 0 Å². The molecule has 5 heteroatoms. The lowest BCUT2D eigenvalue weighted by molar-refractivity contribution is -0.141. The van der Waals surface area contributed by atoms with Gasteiger partial charge in [0.15, 0.2) is 12.4 Å². The van der Waals surface area contributed by atoms with Crippen molar-refractivity contribution in [1.29, 1.82) is 0 Å². The maximum atomic E-state index is 11.9. The van der Waals surface area contributed by atoms with E-state index in [0.29, 0.717) is 5.56 Å². The number of hydrogen-bond donors (Lipinski definition) is 0. The van der Waals surface area contributed by atoms with Crippen LogP contribution in [0.1, 0.15) is 15.9 Å². The van der Waals surface area contributed by atoms with Gasteiger partial charge in [-0.1, -0.05) is 40.2 Å². The zero-order chi connectivity index (χ0) is 15.2. The monoisotopic (exact) mass is 458 g/mol. The number of carbonyl (C=O) groups is 2. The maximum absolute atomic E-state index is 11.9. The first kappa shape index (κ1) is 16.2. The summed E-state index contributed by atoms with van der Waals surface area (Å²) in [4.78, 5) is 23.6. The molecule has 2 aromatic carbocycles. The average Bonchev–Trinajstić information content (AvgIpc) is 2.48. The van der Waals surface area contributed by atoms with Crippen molar-refractivity contribution in [3.05, 3.63) is 67.7 Å². The zero-order valence-corrected chi connectivity index (χ0v) is 14.8. The van der Waals surface area contributed by atoms with Crippen LogP contribution in [-0.4, -0.2) is 18.4 Å². The highest BCUT2D eigenvalue weighted by atomic mass is 127. The number of carbonyl (C=O) groups excluding carboxylic acids is 2. The fourth-order valence-electron chi connectivity index (χ4n) is 1.69. The number of esters is 1. The van der Waals surface area contributed by atoms with Crippen LogP contribution in [0, 0.1) is 3.57 Å². The van der Waals surface area contributed by atoms with Gasteiger partial charge in [-0.25, -0.2) is 0 Å². The molecule has 0 heterocycles. The minimum Gasteiger partial charge on any atom is -0.457 e. The average molecular weight is 459 g/mol. The molecule has 0 amide bonds. The van der Waals surface area contributed by atoms with Gasteiger partial charge in [0.25, 0.3) is 0 Å². The number of ketones is 1. The summed E-state index contributed by atoms with van der Waals surface area (Å²) in [6.45, 7) is -0.231. The molecule has 108 valence electrons. The standard InChI is InChI=1S/C16H12BrIO3/c17-13-5-3-12(4-6-13)15(19)10-21-16(20)9-11-1-7-14(18)8-2-11/h1-8H,9-10H2. The summed E-state index contributed by atoms with van der Waals surface area (Å²) in [6, 6.07) is 14.5. The summed E-state index contributed by atoms with van der Waals surface area (Å²) >= 11 is 5.50. The van der Waals surface area contributed by atoms with Crippen LogP contribution >= 0.6 is 38.5 Å². The number of ether oxygens (including phenoxy) is 1. The summed E-state index contributed by atoms with van der Waals surface area (Å²) in [6.07, 6.45) is 0.171. The minimum absolute atomic E-state index is 0.171. The molecule has 0 aliphatic rings. The molecule has 0 saturated carbocycles. The Morgan fingerprint density at radius 2 is 1.62 bits per heavy atom. The molecular weight excluding hydrogens is 447 g/mol. The Kier molecular flexibility index (Phi) is 5.93. The lowest BCUT2D eigenvalue weighted by Gasteiger charge is -2.05. The van der Waals surface area contributed by atoms with E-state index in [1.807, 2.05) is 24.3 Å². The normalized spacial score (nSPS) is 10.2. The van der Waals surface area contributed by atoms with Crippen molar-refractivity contribution < 1.29 is 14.3 Å². The minimum atomic E-state index is -0.401. The summed E-state index contributed by atoms with van der Waals surface area (Å²) in [7, 11) is 0. The van der Waals surface area contributed by atoms with Gasteiger partial charge in [0.1, 0.15) is 0 Å². The number of hydrogen-bond acceptors (Lipinski definition) is 3. The Balaban J connectivity index is 1.84. The first-order valence-corrected chi connectivity index (χ1v) is 8.10. The molecule has 0 aromatic heterocycles. The molecule has 0 aliphatic heterocycles. The number of halogens is 2. The molecule has 0 saturated heterocycles. The van der Waals surface area contributed by atoms with Gasteiger partial charge < -0.3 is 4.74 Å². The van der Waals surface area contributed by atoms with Crippen LogP contribution in [0.25, 0.3) is 0 Å². The van der Waals surface area contributed by atoms with Crippen LogP contribution in [0.15, 0.2) is 53.0 Å². The summed E-state index contributed by atoms with van der Waals surface area (Å²) in [5.74, 6) is -0.611. The number of Topliss-reactive ketones (excluding diaryl/α,β-unsaturated/α-hetero) is 1. The van der Waals surface area contributed by atoms with E-state index in [9.17, 15) is 9.59 Å². The van der Waals surface area contributed by atoms with Crippen LogP contribution in [0.4, 0.5) is 0 Å². The van der Waals surface area contributed by atoms with E-state index in [-0.39, 0.29) is 18.8 Å². The largest absolute Gasteiger partial charge is 0.457 e. The Bertz CT molecular complexity index is 636. The fourth-order valence-corrected chi connectivity index (χ4v) is 2.31. The van der Waals surface area contributed by atoms with E-state index in [1.165, 1.54) is 0 Å². The molecule has 0 unspecified atom stereocenters. The molecule has 0 atom stereocenters. The van der Waals surface area contributed by atoms with E-state index in [0.717, 1.165) is 13.6 Å². The lowest BCUT2D eigenvalue weighted by atomic mass is 10.1. The topological polar surface area (TPSA) is 43.4 Å². The van der Waals surface area contributed by atoms with Gasteiger partial charge in [0.05, 0.1) is 6.42 Å². The van der Waals surface area contributed by atoms with Gasteiger partial charge in [-0.3, -0.25) is 9.59 Å². The second kappa shape index (κ2) is 7.70. The highest BCUT2D eigenvalue weighted by molar-refractivity contribution is 14.1. The van der Waals surface area contributed by atoms with Crippen molar-refractivity contribution in [3.63, 3.8) is 0 Å². The maximum Gasteiger partial charge on any atom is 0.310 e. The van der Waals surface area contributed by atoms with Crippen molar-refractivity contribution >= 4 is 50.3 Å². The molecule has 2 rings (SSSR count). The molecule has 0 N–H and O–H groups in total. The fraction of sp³-hybridized carbons (Fsp3) is 0.125. The second-order valence-electron chi connectivity index (χ2n) is 4.39. The predicted molar refractivity (Wildman–Crippen MR) is 92.3 cm³/mol. The van der Waals surface area contributed by atoms with E-state index in [1.54, 1.807) is 24.3 Å². The second-order valence-corrected chi connectivity index (χ2v) is 6.56. The molecule has 0 radical (unpaired) electrons. The first-order valence-electron chi connectivity index (χ1n) is 6.23. The highest BCUT2D eigenvalue weighted by Gasteiger charge is 2.10. The van der Waals surface area contributed by atoms with Crippen LogP contribution in [0.2, 0.25) is 0 Å². The quantitative estimate of drug-likeness (QED) is 0.386. The first-order chi connectivity index (χ1) is 10.0. The van der Waals surface area contributed by atoms with Crippen molar-refractivity contribution in [2.45, 2.75) is 6.42 Å². The van der Waals surface area contributed by atoms with E-state index >= 15 is 0 Å². The van der Waals surface area contributed by atoms with Gasteiger partial charge in [0.2, 0.25) is 0 Å². The third kappa shape index (κ3) is 5.24. The van der Waals surface area contributed by atoms with Crippen molar-refractivity contribution in [1.82, 2.24) is 0 Å². The molecule has 0 spiro atoms. The smallest absolute Gasteiger partial charge is 0.310 e. The third-order valence-corrected chi connectivity index (χ3v) is 4.04. The van der Waals surface area contributed by atoms with E-state index in [4.69, 9.17) is 4.74 Å². The number of benzene rings is 2. The molecule has 3 nitrogen and oxygen atoms in total. The molecule has 2 aromatic rings. The SMILES string of the molecule is O=C(Cc1ccc(I)cc1)OCC(=O)c1ccc(Br)cc1. The summed E-state index contributed by atoms with van der Waals surface area (Å²) < 4.78 is 7.03. The highest BCUT2D eigenvalue weighted by Crippen LogP contribution is 2.11. The van der Waals surface area contributed by atoms with Gasteiger partial charge in [-0.05, 0) is 52.4 Å². The van der Waals surface area contributed by atoms with Gasteiger partial charge in [-0.15, -0.1) is 0 Å². The van der Waals surface area contributed by atoms with Crippen molar-refractivity contribution in [3.8, 4) is 0 Å². The predicted octanol–water partition coefficient (Wildman–Crippen LogP) is 4.02. The zero-order valence-electron chi connectivity index (χ0n) is 11.0. The Hall–Kier alpha value is -1.21. The summed E-state index contributed by atoms with van der Waals surface area (Å²) in [5, 5.41) is 0.